The van der Waals surface area contributed by atoms with E-state index in [1.54, 1.807) is 26.2 Å². The Labute approximate surface area is 105 Å². The number of sulfonamides is 1. The molecule has 8 heteroatoms. The van der Waals surface area contributed by atoms with E-state index in [-0.39, 0.29) is 11.4 Å². The van der Waals surface area contributed by atoms with Crippen molar-refractivity contribution in [1.29, 1.82) is 0 Å². The lowest BCUT2D eigenvalue weighted by Gasteiger charge is -2.04. The molecule has 0 spiro atoms. The zero-order chi connectivity index (χ0) is 13.2. The average Bonchev–Trinajstić information content (AvgIpc) is 2.68. The maximum absolute atomic E-state index is 12.0. The minimum atomic E-state index is -3.56. The molecule has 2 rings (SSSR count). The average molecular weight is 267 g/mol. The van der Waals surface area contributed by atoms with Crippen molar-refractivity contribution in [3.05, 3.63) is 36.2 Å². The predicted molar refractivity (Wildman–Crippen MR) is 64.0 cm³/mol. The van der Waals surface area contributed by atoms with Crippen LogP contribution in [0, 0.1) is 6.92 Å². The van der Waals surface area contributed by atoms with E-state index < -0.39 is 10.0 Å². The first-order chi connectivity index (χ1) is 8.49. The Kier molecular flexibility index (Phi) is 3.39. The van der Waals surface area contributed by atoms with E-state index in [4.69, 9.17) is 0 Å². The van der Waals surface area contributed by atoms with E-state index in [1.807, 2.05) is 0 Å². The first-order valence-electron chi connectivity index (χ1n) is 5.24. The van der Waals surface area contributed by atoms with Crippen LogP contribution in [0.2, 0.25) is 0 Å². The van der Waals surface area contributed by atoms with Gasteiger partial charge in [0.2, 0.25) is 10.0 Å². The van der Waals surface area contributed by atoms with Gasteiger partial charge in [-0.1, -0.05) is 0 Å². The standard InChI is InChI=1S/C10H13N5O2S/c1-8-10(6-15(2)14-8)18(16,17)13-5-9-3-4-11-7-12-9/h3-4,6-7,13H,5H2,1-2H3. The van der Waals surface area contributed by atoms with Crippen molar-refractivity contribution in [2.45, 2.75) is 18.4 Å². The summed E-state index contributed by atoms with van der Waals surface area (Å²) in [5, 5.41) is 4.00. The van der Waals surface area contributed by atoms with Crippen LogP contribution in [0.1, 0.15) is 11.4 Å². The molecule has 0 aliphatic rings. The van der Waals surface area contributed by atoms with Crippen molar-refractivity contribution in [2.75, 3.05) is 0 Å². The fourth-order valence-corrected chi connectivity index (χ4v) is 2.73. The molecule has 18 heavy (non-hydrogen) atoms. The highest BCUT2D eigenvalue weighted by Crippen LogP contribution is 2.12. The molecule has 0 aromatic carbocycles. The third-order valence-electron chi connectivity index (χ3n) is 2.34. The molecule has 2 aromatic heterocycles. The second kappa shape index (κ2) is 4.83. The van der Waals surface area contributed by atoms with Gasteiger partial charge in [0.1, 0.15) is 11.2 Å². The highest BCUT2D eigenvalue weighted by molar-refractivity contribution is 7.89. The Balaban J connectivity index is 2.16. The van der Waals surface area contributed by atoms with Gasteiger partial charge in [0.05, 0.1) is 17.9 Å². The van der Waals surface area contributed by atoms with Gasteiger partial charge in [0.15, 0.2) is 0 Å². The highest BCUT2D eigenvalue weighted by Gasteiger charge is 2.19. The smallest absolute Gasteiger partial charge is 0.244 e. The molecule has 0 saturated heterocycles. The summed E-state index contributed by atoms with van der Waals surface area (Å²) >= 11 is 0. The molecule has 0 saturated carbocycles. The Bertz CT molecular complexity index is 636. The summed E-state index contributed by atoms with van der Waals surface area (Å²) in [5.74, 6) is 0. The van der Waals surface area contributed by atoms with Crippen molar-refractivity contribution in [3.8, 4) is 0 Å². The molecule has 1 N–H and O–H groups in total. The van der Waals surface area contributed by atoms with Crippen molar-refractivity contribution in [1.82, 2.24) is 24.5 Å². The van der Waals surface area contributed by atoms with Gasteiger partial charge in [-0.2, -0.15) is 5.10 Å². The van der Waals surface area contributed by atoms with Crippen LogP contribution in [0.4, 0.5) is 0 Å². The lowest BCUT2D eigenvalue weighted by atomic mass is 10.4. The van der Waals surface area contributed by atoms with Gasteiger partial charge in [0, 0.05) is 19.4 Å². The zero-order valence-corrected chi connectivity index (χ0v) is 10.8. The topological polar surface area (TPSA) is 89.8 Å². The number of aryl methyl sites for hydroxylation is 2. The third-order valence-corrected chi connectivity index (χ3v) is 3.85. The van der Waals surface area contributed by atoms with Gasteiger partial charge in [-0.05, 0) is 13.0 Å². The molecule has 0 unspecified atom stereocenters. The summed E-state index contributed by atoms with van der Waals surface area (Å²) in [6.07, 6.45) is 4.41. The number of aromatic nitrogens is 4. The van der Waals surface area contributed by atoms with Gasteiger partial charge in [-0.15, -0.1) is 0 Å². The molecule has 0 bridgehead atoms. The van der Waals surface area contributed by atoms with Crippen LogP contribution < -0.4 is 4.72 Å². The molecular weight excluding hydrogens is 254 g/mol. The van der Waals surface area contributed by atoms with Crippen molar-refractivity contribution >= 4 is 10.0 Å². The van der Waals surface area contributed by atoms with Crippen LogP contribution in [0.15, 0.2) is 29.7 Å². The first-order valence-corrected chi connectivity index (χ1v) is 6.72. The molecule has 0 aliphatic heterocycles. The summed E-state index contributed by atoms with van der Waals surface area (Å²) in [5.41, 5.74) is 1.07. The molecule has 2 aromatic rings. The summed E-state index contributed by atoms with van der Waals surface area (Å²) in [6, 6.07) is 1.65. The second-order valence-corrected chi connectivity index (χ2v) is 5.51. The second-order valence-electron chi connectivity index (χ2n) is 3.78. The Morgan fingerprint density at radius 2 is 2.22 bits per heavy atom. The highest BCUT2D eigenvalue weighted by atomic mass is 32.2. The molecule has 0 aliphatic carbocycles. The lowest BCUT2D eigenvalue weighted by Crippen LogP contribution is -2.24. The minimum Gasteiger partial charge on any atom is -0.274 e. The third kappa shape index (κ3) is 2.71. The number of nitrogens with one attached hydrogen (secondary N) is 1. The number of hydrogen-bond acceptors (Lipinski definition) is 5. The predicted octanol–water partition coefficient (Wildman–Crippen LogP) is -0.00298. The quantitative estimate of drug-likeness (QED) is 0.842. The van der Waals surface area contributed by atoms with Gasteiger partial charge in [0.25, 0.3) is 0 Å². The van der Waals surface area contributed by atoms with E-state index in [1.165, 1.54) is 17.2 Å². The summed E-state index contributed by atoms with van der Waals surface area (Å²) in [6.45, 7) is 1.78. The van der Waals surface area contributed by atoms with E-state index in [0.29, 0.717) is 11.4 Å². The van der Waals surface area contributed by atoms with Gasteiger partial charge >= 0.3 is 0 Å². The molecule has 0 radical (unpaired) electrons. The van der Waals surface area contributed by atoms with E-state index in [9.17, 15) is 8.42 Å². The Hall–Kier alpha value is -1.80. The maximum atomic E-state index is 12.0. The fourth-order valence-electron chi connectivity index (χ4n) is 1.51. The zero-order valence-electron chi connectivity index (χ0n) is 10.0. The SMILES string of the molecule is Cc1nn(C)cc1S(=O)(=O)NCc1ccncn1. The Morgan fingerprint density at radius 1 is 1.44 bits per heavy atom. The summed E-state index contributed by atoms with van der Waals surface area (Å²) in [7, 11) is -1.89. The fraction of sp³-hybridized carbons (Fsp3) is 0.300. The minimum absolute atomic E-state index is 0.124. The van der Waals surface area contributed by atoms with Crippen molar-refractivity contribution in [3.63, 3.8) is 0 Å². The molecule has 96 valence electrons. The largest absolute Gasteiger partial charge is 0.274 e. The van der Waals surface area contributed by atoms with Gasteiger partial charge in [-0.25, -0.2) is 23.1 Å². The Morgan fingerprint density at radius 3 is 2.78 bits per heavy atom. The first kappa shape index (κ1) is 12.7. The monoisotopic (exact) mass is 267 g/mol. The molecule has 0 atom stereocenters. The number of rotatable bonds is 4. The number of hydrogen-bond donors (Lipinski definition) is 1. The van der Waals surface area contributed by atoms with Gasteiger partial charge < -0.3 is 0 Å². The van der Waals surface area contributed by atoms with E-state index >= 15 is 0 Å². The van der Waals surface area contributed by atoms with Crippen LogP contribution >= 0.6 is 0 Å². The van der Waals surface area contributed by atoms with E-state index in [2.05, 4.69) is 19.8 Å². The van der Waals surface area contributed by atoms with Crippen molar-refractivity contribution < 1.29 is 8.42 Å². The molecule has 0 fully saturated rings. The molecular formula is C10H13N5O2S. The lowest BCUT2D eigenvalue weighted by molar-refractivity contribution is 0.579. The van der Waals surface area contributed by atoms with Crippen LogP contribution in [-0.4, -0.2) is 28.2 Å². The molecule has 0 amide bonds. The van der Waals surface area contributed by atoms with E-state index in [0.717, 1.165) is 0 Å². The molecule has 7 nitrogen and oxygen atoms in total. The molecule has 2 heterocycles. The van der Waals surface area contributed by atoms with Crippen molar-refractivity contribution in [2.24, 2.45) is 7.05 Å². The van der Waals surface area contributed by atoms with Crippen LogP contribution in [0.25, 0.3) is 0 Å². The summed E-state index contributed by atoms with van der Waals surface area (Å²) in [4.78, 5) is 7.89. The number of nitrogens with zero attached hydrogens (tertiary/aromatic N) is 4. The normalized spacial score (nSPS) is 11.7. The van der Waals surface area contributed by atoms with Crippen LogP contribution in [0.5, 0.6) is 0 Å². The maximum Gasteiger partial charge on any atom is 0.244 e. The summed E-state index contributed by atoms with van der Waals surface area (Å²) < 4.78 is 28.0. The van der Waals surface area contributed by atoms with Crippen LogP contribution in [-0.2, 0) is 23.6 Å². The van der Waals surface area contributed by atoms with Gasteiger partial charge in [-0.3, -0.25) is 4.68 Å². The van der Waals surface area contributed by atoms with Crippen LogP contribution in [0.3, 0.4) is 0 Å².